The monoisotopic (exact) mass is 258 g/mol. The molecule has 2 heterocycles. The number of carbonyl (C=O) groups is 1. The van der Waals surface area contributed by atoms with E-state index in [-0.39, 0.29) is 5.91 Å². The summed E-state index contributed by atoms with van der Waals surface area (Å²) in [5.41, 5.74) is 2.21. The van der Waals surface area contributed by atoms with E-state index < -0.39 is 0 Å². The van der Waals surface area contributed by atoms with Gasteiger partial charge in [-0.25, -0.2) is 9.97 Å². The minimum Gasteiger partial charge on any atom is -0.339 e. The molecule has 1 fully saturated rings. The highest BCUT2D eigenvalue weighted by Crippen LogP contribution is 2.30. The number of fused-ring (bicyclic) bond motifs is 1. The van der Waals surface area contributed by atoms with Gasteiger partial charge >= 0.3 is 0 Å². The molecule has 2 aromatic heterocycles. The second-order valence-corrected chi connectivity index (χ2v) is 5.21. The predicted octanol–water partition coefficient (Wildman–Crippen LogP) is 1.84. The van der Waals surface area contributed by atoms with E-state index in [0.717, 1.165) is 24.3 Å². The fraction of sp³-hybridized carbons (Fsp3) is 0.500. The molecule has 0 spiro atoms. The van der Waals surface area contributed by atoms with Gasteiger partial charge in [0.25, 0.3) is 5.91 Å². The maximum atomic E-state index is 12.4. The van der Waals surface area contributed by atoms with Gasteiger partial charge in [-0.3, -0.25) is 4.79 Å². The average molecular weight is 258 g/mol. The number of amides is 1. The molecule has 0 saturated heterocycles. The lowest BCUT2D eigenvalue weighted by atomic mass is 10.2. The molecule has 1 aliphatic rings. The number of imidazole rings is 1. The molecule has 0 unspecified atom stereocenters. The third-order valence-electron chi connectivity index (χ3n) is 3.64. The maximum absolute atomic E-state index is 12.4. The molecule has 0 N–H and O–H groups in total. The Morgan fingerprint density at radius 1 is 1.47 bits per heavy atom. The van der Waals surface area contributed by atoms with E-state index in [2.05, 4.69) is 9.97 Å². The summed E-state index contributed by atoms with van der Waals surface area (Å²) in [6, 6.07) is 1.83. The molecule has 0 aliphatic heterocycles. The standard InChI is InChI=1S/C14H18N4O/c1-3-18(8-10-4-5-10)14(19)11-6-12-13(15-7-11)17(2)9-16-12/h6-7,9-10H,3-5,8H2,1-2H3. The van der Waals surface area contributed by atoms with Gasteiger partial charge in [-0.2, -0.15) is 0 Å². The lowest BCUT2D eigenvalue weighted by molar-refractivity contribution is 0.0756. The highest BCUT2D eigenvalue weighted by molar-refractivity contribution is 5.96. The van der Waals surface area contributed by atoms with Crippen molar-refractivity contribution in [3.8, 4) is 0 Å². The molecule has 0 bridgehead atoms. The number of rotatable bonds is 4. The first kappa shape index (κ1) is 12.1. The lowest BCUT2D eigenvalue weighted by Gasteiger charge is -2.20. The van der Waals surface area contributed by atoms with E-state index >= 15 is 0 Å². The summed E-state index contributed by atoms with van der Waals surface area (Å²) in [7, 11) is 1.90. The number of aromatic nitrogens is 3. The Bertz CT molecular complexity index is 615. The van der Waals surface area contributed by atoms with Crippen molar-refractivity contribution in [2.24, 2.45) is 13.0 Å². The SMILES string of the molecule is CCN(CC1CC1)C(=O)c1cnc2c(c1)ncn2C. The van der Waals surface area contributed by atoms with Gasteiger partial charge in [0.15, 0.2) is 5.65 Å². The van der Waals surface area contributed by atoms with E-state index in [9.17, 15) is 4.79 Å². The number of hydrogen-bond acceptors (Lipinski definition) is 3. The molecule has 100 valence electrons. The smallest absolute Gasteiger partial charge is 0.255 e. The van der Waals surface area contributed by atoms with Crippen LogP contribution in [0.2, 0.25) is 0 Å². The second kappa shape index (κ2) is 4.64. The van der Waals surface area contributed by atoms with Gasteiger partial charge in [0, 0.05) is 26.3 Å². The van der Waals surface area contributed by atoms with E-state index in [1.165, 1.54) is 12.8 Å². The van der Waals surface area contributed by atoms with Crippen molar-refractivity contribution >= 4 is 17.1 Å². The zero-order chi connectivity index (χ0) is 13.4. The Balaban J connectivity index is 1.86. The third-order valence-corrected chi connectivity index (χ3v) is 3.64. The van der Waals surface area contributed by atoms with Crippen LogP contribution in [0.4, 0.5) is 0 Å². The van der Waals surface area contributed by atoms with Crippen molar-refractivity contribution < 1.29 is 4.79 Å². The van der Waals surface area contributed by atoms with Crippen molar-refractivity contribution in [1.82, 2.24) is 19.4 Å². The lowest BCUT2D eigenvalue weighted by Crippen LogP contribution is -2.32. The fourth-order valence-corrected chi connectivity index (χ4v) is 2.28. The number of pyridine rings is 1. The summed E-state index contributed by atoms with van der Waals surface area (Å²) in [4.78, 5) is 22.9. The number of aryl methyl sites for hydroxylation is 1. The summed E-state index contributed by atoms with van der Waals surface area (Å²) in [6.07, 6.45) is 5.87. The van der Waals surface area contributed by atoms with Gasteiger partial charge in [0.2, 0.25) is 0 Å². The van der Waals surface area contributed by atoms with Crippen LogP contribution in [0.5, 0.6) is 0 Å². The van der Waals surface area contributed by atoms with Crippen LogP contribution in [-0.4, -0.2) is 38.4 Å². The molecule has 19 heavy (non-hydrogen) atoms. The molecule has 0 aromatic carbocycles. The van der Waals surface area contributed by atoms with Crippen LogP contribution >= 0.6 is 0 Å². The van der Waals surface area contributed by atoms with Gasteiger partial charge < -0.3 is 9.47 Å². The van der Waals surface area contributed by atoms with E-state index in [1.54, 1.807) is 12.5 Å². The quantitative estimate of drug-likeness (QED) is 0.840. The van der Waals surface area contributed by atoms with E-state index in [0.29, 0.717) is 11.5 Å². The zero-order valence-electron chi connectivity index (χ0n) is 11.3. The van der Waals surface area contributed by atoms with Gasteiger partial charge in [-0.05, 0) is 31.7 Å². The molecule has 1 saturated carbocycles. The molecule has 0 radical (unpaired) electrons. The Morgan fingerprint density at radius 3 is 2.95 bits per heavy atom. The normalized spacial score (nSPS) is 14.8. The van der Waals surface area contributed by atoms with Crippen LogP contribution in [0.3, 0.4) is 0 Å². The van der Waals surface area contributed by atoms with Crippen LogP contribution in [0.25, 0.3) is 11.2 Å². The summed E-state index contributed by atoms with van der Waals surface area (Å²) in [5, 5.41) is 0. The topological polar surface area (TPSA) is 51.0 Å². The first-order chi connectivity index (χ1) is 9.19. The first-order valence-electron chi connectivity index (χ1n) is 6.75. The van der Waals surface area contributed by atoms with Crippen LogP contribution in [-0.2, 0) is 7.05 Å². The molecular weight excluding hydrogens is 240 g/mol. The molecule has 2 aromatic rings. The fourth-order valence-electron chi connectivity index (χ4n) is 2.28. The highest BCUT2D eigenvalue weighted by Gasteiger charge is 2.26. The molecule has 5 nitrogen and oxygen atoms in total. The van der Waals surface area contributed by atoms with Gasteiger partial charge in [0.1, 0.15) is 5.52 Å². The Hall–Kier alpha value is -1.91. The third kappa shape index (κ3) is 2.32. The van der Waals surface area contributed by atoms with Crippen LogP contribution in [0, 0.1) is 5.92 Å². The average Bonchev–Trinajstić information content (AvgIpc) is 3.18. The summed E-state index contributed by atoms with van der Waals surface area (Å²) < 4.78 is 1.85. The molecular formula is C14H18N4O. The van der Waals surface area contributed by atoms with Crippen molar-refractivity contribution in [2.75, 3.05) is 13.1 Å². The van der Waals surface area contributed by atoms with Crippen molar-refractivity contribution in [2.45, 2.75) is 19.8 Å². The van der Waals surface area contributed by atoms with Crippen LogP contribution in [0.1, 0.15) is 30.1 Å². The summed E-state index contributed by atoms with van der Waals surface area (Å²) >= 11 is 0. The maximum Gasteiger partial charge on any atom is 0.255 e. The number of hydrogen-bond donors (Lipinski definition) is 0. The Labute approximate surface area is 112 Å². The van der Waals surface area contributed by atoms with Gasteiger partial charge in [-0.15, -0.1) is 0 Å². The minimum atomic E-state index is 0.0643. The number of carbonyl (C=O) groups excluding carboxylic acids is 1. The number of nitrogens with zero attached hydrogens (tertiary/aromatic N) is 4. The zero-order valence-corrected chi connectivity index (χ0v) is 11.3. The summed E-state index contributed by atoms with van der Waals surface area (Å²) in [5.74, 6) is 0.768. The van der Waals surface area contributed by atoms with Crippen LogP contribution in [0.15, 0.2) is 18.6 Å². The van der Waals surface area contributed by atoms with E-state index in [1.807, 2.05) is 29.5 Å². The molecule has 5 heteroatoms. The summed E-state index contributed by atoms with van der Waals surface area (Å²) in [6.45, 7) is 3.64. The Morgan fingerprint density at radius 2 is 2.26 bits per heavy atom. The van der Waals surface area contributed by atoms with E-state index in [4.69, 9.17) is 0 Å². The van der Waals surface area contributed by atoms with Gasteiger partial charge in [0.05, 0.1) is 11.9 Å². The largest absolute Gasteiger partial charge is 0.339 e. The molecule has 1 aliphatic carbocycles. The second-order valence-electron chi connectivity index (χ2n) is 5.21. The van der Waals surface area contributed by atoms with Crippen molar-refractivity contribution in [3.05, 3.63) is 24.2 Å². The van der Waals surface area contributed by atoms with Crippen molar-refractivity contribution in [1.29, 1.82) is 0 Å². The Kier molecular flexibility index (Phi) is 2.97. The van der Waals surface area contributed by atoms with Crippen LogP contribution < -0.4 is 0 Å². The van der Waals surface area contributed by atoms with Crippen molar-refractivity contribution in [3.63, 3.8) is 0 Å². The molecule has 1 amide bonds. The molecule has 3 rings (SSSR count). The first-order valence-corrected chi connectivity index (χ1v) is 6.75. The minimum absolute atomic E-state index is 0.0643. The highest BCUT2D eigenvalue weighted by atomic mass is 16.2. The van der Waals surface area contributed by atoms with Gasteiger partial charge in [-0.1, -0.05) is 0 Å². The molecule has 0 atom stereocenters. The predicted molar refractivity (Wildman–Crippen MR) is 72.8 cm³/mol.